The lowest BCUT2D eigenvalue weighted by Gasteiger charge is -2.30. The van der Waals surface area contributed by atoms with E-state index in [1.54, 1.807) is 0 Å². The van der Waals surface area contributed by atoms with Crippen molar-refractivity contribution in [3.8, 4) is 0 Å². The smallest absolute Gasteiger partial charge is 0.0426 e. The van der Waals surface area contributed by atoms with Gasteiger partial charge in [-0.15, -0.1) is 0 Å². The van der Waals surface area contributed by atoms with Crippen LogP contribution in [-0.4, -0.2) is 12.1 Å². The Morgan fingerprint density at radius 2 is 2.07 bits per heavy atom. The molecule has 1 saturated carbocycles. The second-order valence-corrected chi connectivity index (χ2v) is 4.65. The van der Waals surface area contributed by atoms with E-state index in [1.807, 2.05) is 24.3 Å². The maximum Gasteiger partial charge on any atom is 0.0426 e. The SMILES string of the molecule is N[C@H]1CCCC[C@@H]1Nc1cccc(Cl)c1. The lowest BCUT2D eigenvalue weighted by Crippen LogP contribution is -2.42. The van der Waals surface area contributed by atoms with Crippen LogP contribution in [0.1, 0.15) is 25.7 Å². The summed E-state index contributed by atoms with van der Waals surface area (Å²) in [5, 5.41) is 4.23. The standard InChI is InChI=1S/C12H17ClN2/c13-9-4-3-5-10(8-9)15-12-7-2-1-6-11(12)14/h3-5,8,11-12,15H,1-2,6-7,14H2/t11-,12-/m0/s1. The third-order valence-corrected chi connectivity index (χ3v) is 3.23. The molecule has 3 N–H and O–H groups in total. The number of hydrogen-bond donors (Lipinski definition) is 2. The van der Waals surface area contributed by atoms with Crippen LogP contribution in [0.15, 0.2) is 24.3 Å². The van der Waals surface area contributed by atoms with Gasteiger partial charge in [0.1, 0.15) is 0 Å². The first kappa shape index (κ1) is 10.8. The van der Waals surface area contributed by atoms with E-state index in [4.69, 9.17) is 17.3 Å². The molecule has 1 fully saturated rings. The minimum Gasteiger partial charge on any atom is -0.381 e. The zero-order valence-corrected chi connectivity index (χ0v) is 9.50. The van der Waals surface area contributed by atoms with E-state index in [9.17, 15) is 0 Å². The molecule has 15 heavy (non-hydrogen) atoms. The van der Waals surface area contributed by atoms with Gasteiger partial charge in [0.05, 0.1) is 0 Å². The summed E-state index contributed by atoms with van der Waals surface area (Å²) in [6.07, 6.45) is 4.81. The quantitative estimate of drug-likeness (QED) is 0.811. The van der Waals surface area contributed by atoms with Crippen LogP contribution in [0.4, 0.5) is 5.69 Å². The number of anilines is 1. The van der Waals surface area contributed by atoms with Crippen LogP contribution in [-0.2, 0) is 0 Å². The Labute approximate surface area is 95.8 Å². The molecule has 1 aromatic rings. The minimum absolute atomic E-state index is 0.276. The number of hydrogen-bond acceptors (Lipinski definition) is 2. The Kier molecular flexibility index (Phi) is 3.49. The number of nitrogens with two attached hydrogens (primary N) is 1. The fourth-order valence-corrected chi connectivity index (χ4v) is 2.32. The van der Waals surface area contributed by atoms with Crippen molar-refractivity contribution < 1.29 is 0 Å². The Bertz CT molecular complexity index is 327. The summed E-state index contributed by atoms with van der Waals surface area (Å²) in [5.74, 6) is 0. The van der Waals surface area contributed by atoms with Gasteiger partial charge in [-0.1, -0.05) is 30.5 Å². The predicted molar refractivity (Wildman–Crippen MR) is 65.3 cm³/mol. The van der Waals surface area contributed by atoms with Gasteiger partial charge in [-0.3, -0.25) is 0 Å². The van der Waals surface area contributed by atoms with Crippen LogP contribution < -0.4 is 11.1 Å². The average molecular weight is 225 g/mol. The first-order chi connectivity index (χ1) is 7.25. The van der Waals surface area contributed by atoms with Crippen molar-refractivity contribution in [2.45, 2.75) is 37.8 Å². The Balaban J connectivity index is 2.01. The van der Waals surface area contributed by atoms with E-state index in [1.165, 1.54) is 12.8 Å². The fourth-order valence-electron chi connectivity index (χ4n) is 2.13. The highest BCUT2D eigenvalue weighted by atomic mass is 35.5. The van der Waals surface area contributed by atoms with Crippen molar-refractivity contribution in [1.82, 2.24) is 0 Å². The van der Waals surface area contributed by atoms with Gasteiger partial charge in [0, 0.05) is 22.8 Å². The molecule has 0 heterocycles. The van der Waals surface area contributed by atoms with E-state index < -0.39 is 0 Å². The summed E-state index contributed by atoms with van der Waals surface area (Å²) >= 11 is 5.93. The molecule has 1 aliphatic carbocycles. The Hall–Kier alpha value is -0.730. The van der Waals surface area contributed by atoms with Crippen LogP contribution >= 0.6 is 11.6 Å². The Morgan fingerprint density at radius 3 is 2.80 bits per heavy atom. The van der Waals surface area contributed by atoms with Crippen LogP contribution in [0, 0.1) is 0 Å². The topological polar surface area (TPSA) is 38.0 Å². The molecule has 0 aromatic heterocycles. The van der Waals surface area contributed by atoms with Gasteiger partial charge >= 0.3 is 0 Å². The lowest BCUT2D eigenvalue weighted by atomic mass is 9.91. The van der Waals surface area contributed by atoms with E-state index in [0.717, 1.165) is 23.6 Å². The van der Waals surface area contributed by atoms with Gasteiger partial charge in [0.15, 0.2) is 0 Å². The third-order valence-electron chi connectivity index (χ3n) is 3.00. The van der Waals surface area contributed by atoms with Crippen molar-refractivity contribution in [3.05, 3.63) is 29.3 Å². The molecule has 0 spiro atoms. The second-order valence-electron chi connectivity index (χ2n) is 4.21. The molecule has 2 nitrogen and oxygen atoms in total. The van der Waals surface area contributed by atoms with Crippen molar-refractivity contribution in [2.75, 3.05) is 5.32 Å². The van der Waals surface area contributed by atoms with Crippen LogP contribution in [0.2, 0.25) is 5.02 Å². The second kappa shape index (κ2) is 4.86. The number of halogens is 1. The fraction of sp³-hybridized carbons (Fsp3) is 0.500. The molecule has 3 heteroatoms. The highest BCUT2D eigenvalue weighted by molar-refractivity contribution is 6.30. The lowest BCUT2D eigenvalue weighted by molar-refractivity contribution is 0.404. The number of benzene rings is 1. The van der Waals surface area contributed by atoms with Gasteiger partial charge in [-0.25, -0.2) is 0 Å². The van der Waals surface area contributed by atoms with Crippen molar-refractivity contribution in [2.24, 2.45) is 5.73 Å². The molecule has 0 aliphatic heterocycles. The van der Waals surface area contributed by atoms with Crippen LogP contribution in [0.25, 0.3) is 0 Å². The van der Waals surface area contributed by atoms with Crippen molar-refractivity contribution >= 4 is 17.3 Å². The van der Waals surface area contributed by atoms with Gasteiger partial charge in [-0.05, 0) is 31.0 Å². The highest BCUT2D eigenvalue weighted by Gasteiger charge is 2.21. The zero-order valence-electron chi connectivity index (χ0n) is 8.75. The molecule has 0 saturated heterocycles. The molecule has 0 bridgehead atoms. The monoisotopic (exact) mass is 224 g/mol. The summed E-state index contributed by atoms with van der Waals surface area (Å²) < 4.78 is 0. The Morgan fingerprint density at radius 1 is 1.27 bits per heavy atom. The molecule has 2 atom stereocenters. The largest absolute Gasteiger partial charge is 0.381 e. The molecule has 82 valence electrons. The molecule has 0 amide bonds. The molecule has 2 rings (SSSR count). The molecule has 1 aromatic carbocycles. The highest BCUT2D eigenvalue weighted by Crippen LogP contribution is 2.22. The van der Waals surface area contributed by atoms with E-state index in [-0.39, 0.29) is 6.04 Å². The third kappa shape index (κ3) is 2.86. The minimum atomic E-state index is 0.276. The van der Waals surface area contributed by atoms with E-state index >= 15 is 0 Å². The van der Waals surface area contributed by atoms with Crippen LogP contribution in [0.3, 0.4) is 0 Å². The summed E-state index contributed by atoms with van der Waals surface area (Å²) in [6.45, 7) is 0. The van der Waals surface area contributed by atoms with Crippen LogP contribution in [0.5, 0.6) is 0 Å². The van der Waals surface area contributed by atoms with Gasteiger partial charge in [0.2, 0.25) is 0 Å². The average Bonchev–Trinajstić information content (AvgIpc) is 2.22. The first-order valence-electron chi connectivity index (χ1n) is 5.53. The van der Waals surface area contributed by atoms with Gasteiger partial charge in [-0.2, -0.15) is 0 Å². The maximum atomic E-state index is 6.07. The number of rotatable bonds is 2. The molecular formula is C12H17ClN2. The molecule has 1 aliphatic rings. The molecule has 0 radical (unpaired) electrons. The molecule has 0 unspecified atom stereocenters. The zero-order chi connectivity index (χ0) is 10.7. The first-order valence-corrected chi connectivity index (χ1v) is 5.91. The number of nitrogens with one attached hydrogen (secondary N) is 1. The molecular weight excluding hydrogens is 208 g/mol. The maximum absolute atomic E-state index is 6.07. The summed E-state index contributed by atoms with van der Waals surface area (Å²) in [5.41, 5.74) is 7.14. The summed E-state index contributed by atoms with van der Waals surface area (Å²) in [7, 11) is 0. The normalized spacial score (nSPS) is 26.3. The van der Waals surface area contributed by atoms with Crippen molar-refractivity contribution in [1.29, 1.82) is 0 Å². The predicted octanol–water partition coefficient (Wildman–Crippen LogP) is 3.02. The summed E-state index contributed by atoms with van der Waals surface area (Å²) in [4.78, 5) is 0. The van der Waals surface area contributed by atoms with Crippen molar-refractivity contribution in [3.63, 3.8) is 0 Å². The summed E-state index contributed by atoms with van der Waals surface area (Å²) in [6, 6.07) is 8.50. The van der Waals surface area contributed by atoms with Gasteiger partial charge < -0.3 is 11.1 Å². The van der Waals surface area contributed by atoms with E-state index in [0.29, 0.717) is 6.04 Å². The van der Waals surface area contributed by atoms with E-state index in [2.05, 4.69) is 5.32 Å². The van der Waals surface area contributed by atoms with Gasteiger partial charge in [0.25, 0.3) is 0 Å².